The second-order valence-electron chi connectivity index (χ2n) is 4.64. The second-order valence-corrected chi connectivity index (χ2v) is 4.64. The first-order chi connectivity index (χ1) is 10.1. The number of hydrogen-bond acceptors (Lipinski definition) is 3. The summed E-state index contributed by atoms with van der Waals surface area (Å²) in [5.41, 5.74) is 1.99. The molecule has 0 atom stereocenters. The third-order valence-electron chi connectivity index (χ3n) is 2.90. The number of phenolic OH excluding ortho intramolecular Hbond substituents is 1. The summed E-state index contributed by atoms with van der Waals surface area (Å²) in [5.74, 6) is -1.64. The summed E-state index contributed by atoms with van der Waals surface area (Å²) < 4.78 is 0. The summed E-state index contributed by atoms with van der Waals surface area (Å²) >= 11 is 0. The number of phenols is 1. The van der Waals surface area contributed by atoms with E-state index in [-0.39, 0.29) is 18.0 Å². The van der Waals surface area contributed by atoms with Crippen molar-refractivity contribution in [2.24, 2.45) is 0 Å². The topological polar surface area (TPSA) is 78.4 Å². The molecule has 0 spiro atoms. The lowest BCUT2D eigenvalue weighted by atomic mass is 10.2. The van der Waals surface area contributed by atoms with Gasteiger partial charge in [0, 0.05) is 6.54 Å². The van der Waals surface area contributed by atoms with E-state index >= 15 is 0 Å². The van der Waals surface area contributed by atoms with E-state index in [1.54, 1.807) is 12.1 Å². The fourth-order valence-electron chi connectivity index (χ4n) is 1.79. The van der Waals surface area contributed by atoms with E-state index in [0.717, 1.165) is 11.1 Å². The number of benzene rings is 2. The molecule has 3 N–H and O–H groups in total. The molecule has 21 heavy (non-hydrogen) atoms. The van der Waals surface area contributed by atoms with Crippen LogP contribution < -0.4 is 10.6 Å². The molecule has 0 heterocycles. The number of anilines is 1. The van der Waals surface area contributed by atoms with Gasteiger partial charge in [0.15, 0.2) is 0 Å². The highest BCUT2D eigenvalue weighted by Crippen LogP contribution is 2.23. The summed E-state index contributed by atoms with van der Waals surface area (Å²) in [5, 5.41) is 14.5. The van der Waals surface area contributed by atoms with Crippen LogP contribution in [0.5, 0.6) is 5.75 Å². The molecule has 0 unspecified atom stereocenters. The third kappa shape index (κ3) is 4.07. The average molecular weight is 284 g/mol. The molecular formula is C16H16N2O3. The van der Waals surface area contributed by atoms with Gasteiger partial charge in [-0.3, -0.25) is 9.59 Å². The molecule has 0 bridgehead atoms. The van der Waals surface area contributed by atoms with Crippen LogP contribution in [0.1, 0.15) is 11.1 Å². The predicted molar refractivity (Wildman–Crippen MR) is 79.8 cm³/mol. The number of carbonyl (C=O) groups excluding carboxylic acids is 2. The Morgan fingerprint density at radius 1 is 1.05 bits per heavy atom. The highest BCUT2D eigenvalue weighted by atomic mass is 16.3. The van der Waals surface area contributed by atoms with Gasteiger partial charge in [0.2, 0.25) is 0 Å². The minimum absolute atomic E-state index is 0.0789. The van der Waals surface area contributed by atoms with Crippen LogP contribution in [0.15, 0.2) is 48.5 Å². The first-order valence-corrected chi connectivity index (χ1v) is 6.49. The number of hydrogen-bond donors (Lipinski definition) is 3. The summed E-state index contributed by atoms with van der Waals surface area (Å²) in [4.78, 5) is 23.5. The van der Waals surface area contributed by atoms with Gasteiger partial charge in [0.1, 0.15) is 5.75 Å². The van der Waals surface area contributed by atoms with E-state index in [2.05, 4.69) is 10.6 Å². The second kappa shape index (κ2) is 6.56. The zero-order valence-corrected chi connectivity index (χ0v) is 11.6. The Bertz CT molecular complexity index is 654. The largest absolute Gasteiger partial charge is 0.506 e. The van der Waals surface area contributed by atoms with E-state index in [9.17, 15) is 14.7 Å². The molecule has 0 aliphatic rings. The van der Waals surface area contributed by atoms with Gasteiger partial charge in [0.05, 0.1) is 5.69 Å². The van der Waals surface area contributed by atoms with Crippen LogP contribution in [0.25, 0.3) is 0 Å². The van der Waals surface area contributed by atoms with Crippen LogP contribution in [-0.2, 0) is 16.1 Å². The Labute approximate surface area is 122 Å². The van der Waals surface area contributed by atoms with Crippen LogP contribution in [0.3, 0.4) is 0 Å². The lowest BCUT2D eigenvalue weighted by Gasteiger charge is -2.08. The maximum absolute atomic E-state index is 11.8. The number of carbonyl (C=O) groups is 2. The molecule has 0 radical (unpaired) electrons. The summed E-state index contributed by atoms with van der Waals surface area (Å²) in [6, 6.07) is 14.1. The SMILES string of the molecule is Cc1ccc(O)c(NC(=O)C(=O)NCc2ccccc2)c1. The van der Waals surface area contributed by atoms with Crippen molar-refractivity contribution >= 4 is 17.5 Å². The van der Waals surface area contributed by atoms with E-state index in [0.29, 0.717) is 0 Å². The quantitative estimate of drug-likeness (QED) is 0.595. The number of nitrogens with one attached hydrogen (secondary N) is 2. The van der Waals surface area contributed by atoms with Crippen molar-refractivity contribution in [3.05, 3.63) is 59.7 Å². The molecule has 2 aromatic rings. The lowest BCUT2D eigenvalue weighted by Crippen LogP contribution is -2.34. The van der Waals surface area contributed by atoms with Crippen LogP contribution in [-0.4, -0.2) is 16.9 Å². The van der Waals surface area contributed by atoms with Crippen molar-refractivity contribution in [2.45, 2.75) is 13.5 Å². The molecule has 0 aromatic heterocycles. The van der Waals surface area contributed by atoms with Gasteiger partial charge in [-0.25, -0.2) is 0 Å². The first kappa shape index (κ1) is 14.6. The van der Waals surface area contributed by atoms with Crippen LogP contribution in [0.2, 0.25) is 0 Å². The highest BCUT2D eigenvalue weighted by Gasteiger charge is 2.15. The molecule has 0 saturated carbocycles. The van der Waals surface area contributed by atoms with Gasteiger partial charge in [-0.2, -0.15) is 0 Å². The molecule has 0 fully saturated rings. The molecule has 0 aliphatic heterocycles. The molecule has 5 nitrogen and oxygen atoms in total. The van der Waals surface area contributed by atoms with E-state index < -0.39 is 11.8 Å². The third-order valence-corrected chi connectivity index (χ3v) is 2.90. The average Bonchev–Trinajstić information content (AvgIpc) is 2.49. The fourth-order valence-corrected chi connectivity index (χ4v) is 1.79. The number of rotatable bonds is 3. The van der Waals surface area contributed by atoms with Gasteiger partial charge in [0.25, 0.3) is 0 Å². The zero-order chi connectivity index (χ0) is 15.2. The lowest BCUT2D eigenvalue weighted by molar-refractivity contribution is -0.136. The standard InChI is InChI=1S/C16H16N2O3/c1-11-7-8-14(19)13(9-11)18-16(21)15(20)17-10-12-5-3-2-4-6-12/h2-9,19H,10H2,1H3,(H,17,20)(H,18,21). The smallest absolute Gasteiger partial charge is 0.313 e. The highest BCUT2D eigenvalue weighted by molar-refractivity contribution is 6.39. The molecule has 0 saturated heterocycles. The predicted octanol–water partition coefficient (Wildman–Crippen LogP) is 1.96. The maximum Gasteiger partial charge on any atom is 0.313 e. The van der Waals surface area contributed by atoms with Crippen molar-refractivity contribution in [1.29, 1.82) is 0 Å². The molecule has 2 aromatic carbocycles. The number of aryl methyl sites for hydroxylation is 1. The van der Waals surface area contributed by atoms with Gasteiger partial charge in [-0.05, 0) is 30.2 Å². The summed E-state index contributed by atoms with van der Waals surface area (Å²) in [7, 11) is 0. The van der Waals surface area contributed by atoms with Gasteiger partial charge >= 0.3 is 11.8 Å². The Hall–Kier alpha value is -2.82. The van der Waals surface area contributed by atoms with Crippen molar-refractivity contribution < 1.29 is 14.7 Å². The Morgan fingerprint density at radius 3 is 2.48 bits per heavy atom. The van der Waals surface area contributed by atoms with Gasteiger partial charge < -0.3 is 15.7 Å². The maximum atomic E-state index is 11.8. The first-order valence-electron chi connectivity index (χ1n) is 6.49. The van der Waals surface area contributed by atoms with Gasteiger partial charge in [-0.15, -0.1) is 0 Å². The Balaban J connectivity index is 1.94. The normalized spacial score (nSPS) is 9.95. The van der Waals surface area contributed by atoms with Crippen molar-refractivity contribution in [3.63, 3.8) is 0 Å². The number of aromatic hydroxyl groups is 1. The van der Waals surface area contributed by atoms with E-state index in [1.165, 1.54) is 6.07 Å². The minimum Gasteiger partial charge on any atom is -0.506 e. The Morgan fingerprint density at radius 2 is 1.76 bits per heavy atom. The van der Waals surface area contributed by atoms with Crippen LogP contribution in [0, 0.1) is 6.92 Å². The fraction of sp³-hybridized carbons (Fsp3) is 0.125. The monoisotopic (exact) mass is 284 g/mol. The number of amides is 2. The summed E-state index contributed by atoms with van der Waals surface area (Å²) in [6.45, 7) is 2.09. The zero-order valence-electron chi connectivity index (χ0n) is 11.6. The van der Waals surface area contributed by atoms with Crippen LogP contribution >= 0.6 is 0 Å². The van der Waals surface area contributed by atoms with Crippen LogP contribution in [0.4, 0.5) is 5.69 Å². The van der Waals surface area contributed by atoms with Gasteiger partial charge in [-0.1, -0.05) is 36.4 Å². The van der Waals surface area contributed by atoms with E-state index in [4.69, 9.17) is 0 Å². The summed E-state index contributed by atoms with van der Waals surface area (Å²) in [6.07, 6.45) is 0. The molecule has 2 amide bonds. The Kier molecular flexibility index (Phi) is 4.56. The molecule has 108 valence electrons. The van der Waals surface area contributed by atoms with Crippen molar-refractivity contribution in [1.82, 2.24) is 5.32 Å². The molecule has 2 rings (SSSR count). The molecule has 0 aliphatic carbocycles. The van der Waals surface area contributed by atoms with E-state index in [1.807, 2.05) is 37.3 Å². The molecular weight excluding hydrogens is 268 g/mol. The molecule has 5 heteroatoms. The van der Waals surface area contributed by atoms with Crippen molar-refractivity contribution in [3.8, 4) is 5.75 Å². The van der Waals surface area contributed by atoms with Crippen molar-refractivity contribution in [2.75, 3.05) is 5.32 Å². The minimum atomic E-state index is -0.813.